The van der Waals surface area contributed by atoms with E-state index in [0.717, 1.165) is 34.5 Å². The summed E-state index contributed by atoms with van der Waals surface area (Å²) in [5, 5.41) is 11.4. The van der Waals surface area contributed by atoms with Crippen LogP contribution in [0.5, 0.6) is 5.75 Å². The van der Waals surface area contributed by atoms with E-state index in [1.54, 1.807) is 35.9 Å². The van der Waals surface area contributed by atoms with E-state index in [4.69, 9.17) is 10.5 Å². The molecule has 0 bridgehead atoms. The standard InChI is InChI=1S/C22H26N8OS/c1-3-24-21-19(15-27-30(21)16-8-7-9-17(12-16)31-2)20(23)28-26-14-18-13-25-22(32-18)29-10-5-4-6-11-29/h3,7-9,12-15,28H,1,4-6,10-11,23H2,2H3/b20-19+,24-21+,26-14+. The number of methoxy groups -OCH3 is 1. The van der Waals surface area contributed by atoms with Gasteiger partial charge in [-0.3, -0.25) is 5.43 Å². The monoisotopic (exact) mass is 450 g/mol. The largest absolute Gasteiger partial charge is 0.497 e. The van der Waals surface area contributed by atoms with Crippen LogP contribution in [0.1, 0.15) is 24.1 Å². The fourth-order valence-corrected chi connectivity index (χ4v) is 4.31. The second-order valence-electron chi connectivity index (χ2n) is 7.18. The maximum atomic E-state index is 6.26. The van der Waals surface area contributed by atoms with Crippen LogP contribution < -0.4 is 25.8 Å². The molecule has 1 saturated heterocycles. The number of ether oxygens (including phenoxy) is 1. The number of amidine groups is 1. The van der Waals surface area contributed by atoms with Gasteiger partial charge < -0.3 is 15.4 Å². The first-order valence-corrected chi connectivity index (χ1v) is 11.2. The zero-order valence-corrected chi connectivity index (χ0v) is 18.8. The zero-order valence-electron chi connectivity index (χ0n) is 17.9. The summed E-state index contributed by atoms with van der Waals surface area (Å²) in [4.78, 5) is 12.2. The van der Waals surface area contributed by atoms with Gasteiger partial charge in [-0.1, -0.05) is 24.0 Å². The molecule has 0 atom stereocenters. The molecule has 1 aromatic carbocycles. The number of benzene rings is 1. The smallest absolute Gasteiger partial charge is 0.185 e. The number of hydrazone groups is 2. The van der Waals surface area contributed by atoms with Crippen molar-refractivity contribution in [3.63, 3.8) is 0 Å². The fourth-order valence-electron chi connectivity index (χ4n) is 3.47. The van der Waals surface area contributed by atoms with Gasteiger partial charge in [-0.25, -0.2) is 15.0 Å². The minimum atomic E-state index is 0.330. The molecule has 2 aliphatic heterocycles. The second kappa shape index (κ2) is 10.1. The van der Waals surface area contributed by atoms with E-state index in [1.165, 1.54) is 25.5 Å². The van der Waals surface area contributed by atoms with Gasteiger partial charge in [0, 0.05) is 31.6 Å². The highest BCUT2D eigenvalue weighted by Gasteiger charge is 2.24. The first kappa shape index (κ1) is 21.6. The van der Waals surface area contributed by atoms with Crippen LogP contribution in [0.2, 0.25) is 0 Å². The van der Waals surface area contributed by atoms with E-state index in [2.05, 4.69) is 37.1 Å². The summed E-state index contributed by atoms with van der Waals surface area (Å²) in [7, 11) is 1.62. The number of hydrogen-bond acceptors (Lipinski definition) is 9. The molecule has 9 nitrogen and oxygen atoms in total. The molecule has 2 aromatic rings. The summed E-state index contributed by atoms with van der Waals surface area (Å²) >= 11 is 1.62. The molecular formula is C22H26N8OS. The zero-order chi connectivity index (χ0) is 22.3. The van der Waals surface area contributed by atoms with Crippen LogP contribution in [0.3, 0.4) is 0 Å². The number of piperidine rings is 1. The SMILES string of the molecule is C=C/N=C1\C(=C(/N)N/N=C/c2cnc(N3CCCCC3)s2)C=NN1c1cccc(OC)c1. The summed E-state index contributed by atoms with van der Waals surface area (Å²) in [5.41, 5.74) is 10.5. The molecule has 0 aliphatic carbocycles. The third-order valence-corrected chi connectivity index (χ3v) is 6.05. The number of nitrogens with zero attached hydrogens (tertiary/aromatic N) is 6. The minimum absolute atomic E-state index is 0.330. The first-order chi connectivity index (χ1) is 15.7. The topological polar surface area (TPSA) is 104 Å². The van der Waals surface area contributed by atoms with E-state index in [1.807, 2.05) is 30.5 Å². The van der Waals surface area contributed by atoms with E-state index in [0.29, 0.717) is 17.2 Å². The van der Waals surface area contributed by atoms with Crippen molar-refractivity contribution in [1.29, 1.82) is 0 Å². The van der Waals surface area contributed by atoms with Crippen molar-refractivity contribution in [3.8, 4) is 5.75 Å². The summed E-state index contributed by atoms with van der Waals surface area (Å²) in [5.74, 6) is 1.59. The molecule has 2 aliphatic rings. The third-order valence-electron chi connectivity index (χ3n) is 5.06. The lowest BCUT2D eigenvalue weighted by atomic mass is 10.1. The van der Waals surface area contributed by atoms with Crippen molar-refractivity contribution < 1.29 is 4.74 Å². The highest BCUT2D eigenvalue weighted by atomic mass is 32.1. The second-order valence-corrected chi connectivity index (χ2v) is 8.22. The molecule has 32 heavy (non-hydrogen) atoms. The fraction of sp³-hybridized carbons (Fsp3) is 0.273. The van der Waals surface area contributed by atoms with Crippen molar-refractivity contribution in [3.05, 3.63) is 59.5 Å². The maximum absolute atomic E-state index is 6.26. The number of rotatable bonds is 7. The number of hydrogen-bond donors (Lipinski definition) is 2. The van der Waals surface area contributed by atoms with Crippen molar-refractivity contribution in [2.24, 2.45) is 20.9 Å². The average molecular weight is 451 g/mol. The maximum Gasteiger partial charge on any atom is 0.185 e. The molecule has 0 unspecified atom stereocenters. The van der Waals surface area contributed by atoms with Crippen LogP contribution in [0.4, 0.5) is 10.8 Å². The number of thiazole rings is 1. The van der Waals surface area contributed by atoms with Gasteiger partial charge in [0.05, 0.1) is 35.7 Å². The highest BCUT2D eigenvalue weighted by Crippen LogP contribution is 2.26. The molecule has 3 N–H and O–H groups in total. The third kappa shape index (κ3) is 4.80. The van der Waals surface area contributed by atoms with E-state index >= 15 is 0 Å². The van der Waals surface area contributed by atoms with Crippen molar-refractivity contribution in [2.75, 3.05) is 30.1 Å². The van der Waals surface area contributed by atoms with Crippen molar-refractivity contribution in [1.82, 2.24) is 10.4 Å². The molecule has 4 rings (SSSR count). The van der Waals surface area contributed by atoms with Gasteiger partial charge in [-0.05, 0) is 31.4 Å². The summed E-state index contributed by atoms with van der Waals surface area (Å²) in [6, 6.07) is 7.53. The molecule has 1 fully saturated rings. The molecule has 10 heteroatoms. The normalized spacial score (nSPS) is 19.1. The summed E-state index contributed by atoms with van der Waals surface area (Å²) in [6.45, 7) is 5.84. The lowest BCUT2D eigenvalue weighted by molar-refractivity contribution is 0.415. The van der Waals surface area contributed by atoms with E-state index in [9.17, 15) is 0 Å². The quantitative estimate of drug-likeness (QED) is 0.496. The Bertz CT molecular complexity index is 1080. The Hall–Kier alpha value is -3.66. The number of anilines is 2. The number of nitrogens with one attached hydrogen (secondary N) is 1. The summed E-state index contributed by atoms with van der Waals surface area (Å²) in [6.07, 6.45) is 10.4. The highest BCUT2D eigenvalue weighted by molar-refractivity contribution is 7.17. The van der Waals surface area contributed by atoms with E-state index in [-0.39, 0.29) is 0 Å². The molecule has 0 amide bonds. The molecule has 166 valence electrons. The van der Waals surface area contributed by atoms with Crippen molar-refractivity contribution in [2.45, 2.75) is 19.3 Å². The molecule has 1 aromatic heterocycles. The van der Waals surface area contributed by atoms with Crippen LogP contribution in [0.25, 0.3) is 0 Å². The predicted molar refractivity (Wildman–Crippen MR) is 132 cm³/mol. The molecule has 0 radical (unpaired) electrons. The Morgan fingerprint density at radius 3 is 2.94 bits per heavy atom. The van der Waals surface area contributed by atoms with Gasteiger partial charge in [0.15, 0.2) is 11.0 Å². The minimum Gasteiger partial charge on any atom is -0.497 e. The van der Waals surface area contributed by atoms with Crippen LogP contribution >= 0.6 is 11.3 Å². The average Bonchev–Trinajstić information content (AvgIpc) is 3.47. The van der Waals surface area contributed by atoms with Gasteiger partial charge >= 0.3 is 0 Å². The van der Waals surface area contributed by atoms with Crippen LogP contribution in [0.15, 0.2) is 69.8 Å². The number of nitrogens with two attached hydrogens (primary N) is 1. The lowest BCUT2D eigenvalue weighted by Crippen LogP contribution is -2.29. The van der Waals surface area contributed by atoms with Crippen LogP contribution in [-0.4, -0.2) is 43.4 Å². The van der Waals surface area contributed by atoms with Gasteiger partial charge in [-0.15, -0.1) is 0 Å². The lowest BCUT2D eigenvalue weighted by Gasteiger charge is -2.25. The molecule has 0 saturated carbocycles. The van der Waals surface area contributed by atoms with Crippen molar-refractivity contribution >= 4 is 40.4 Å². The van der Waals surface area contributed by atoms with Crippen LogP contribution in [-0.2, 0) is 0 Å². The van der Waals surface area contributed by atoms with Crippen LogP contribution in [0, 0.1) is 0 Å². The van der Waals surface area contributed by atoms with Gasteiger partial charge in [0.2, 0.25) is 0 Å². The van der Waals surface area contributed by atoms with Gasteiger partial charge in [0.1, 0.15) is 11.6 Å². The first-order valence-electron chi connectivity index (χ1n) is 10.4. The molecular weight excluding hydrogens is 424 g/mol. The Kier molecular flexibility index (Phi) is 6.81. The number of aromatic nitrogens is 1. The van der Waals surface area contributed by atoms with Gasteiger partial charge in [0.25, 0.3) is 0 Å². The number of aliphatic imine (C=N–C) groups is 1. The Morgan fingerprint density at radius 2 is 2.16 bits per heavy atom. The predicted octanol–water partition coefficient (Wildman–Crippen LogP) is 3.28. The van der Waals surface area contributed by atoms with E-state index < -0.39 is 0 Å². The molecule has 3 heterocycles. The molecule has 0 spiro atoms. The Balaban J connectivity index is 1.47. The van der Waals surface area contributed by atoms with Gasteiger partial charge in [-0.2, -0.15) is 10.2 Å². The Labute approximate surface area is 191 Å². The Morgan fingerprint density at radius 1 is 1.31 bits per heavy atom. The summed E-state index contributed by atoms with van der Waals surface area (Å²) < 4.78 is 5.31.